The fraction of sp³-hybridized carbons (Fsp3) is 0.308. The maximum absolute atomic E-state index is 11.5. The minimum Gasteiger partial charge on any atom is -0.399 e. The number of anilines is 1. The Morgan fingerprint density at radius 1 is 1.47 bits per heavy atom. The standard InChI is InChI=1S/C13H17NO/c1-2-3-4-8-13(15)10-11-6-5-7-12(14)9-11/h2,5-7,9H,1,3-4,8,10,14H2. The van der Waals surface area contributed by atoms with Crippen LogP contribution < -0.4 is 5.73 Å². The molecule has 0 amide bonds. The molecule has 0 heterocycles. The second-order valence-corrected chi connectivity index (χ2v) is 3.64. The summed E-state index contributed by atoms with van der Waals surface area (Å²) in [5.74, 6) is 0.266. The molecule has 15 heavy (non-hydrogen) atoms. The number of unbranched alkanes of at least 4 members (excludes halogenated alkanes) is 1. The van der Waals surface area contributed by atoms with E-state index in [1.165, 1.54) is 0 Å². The maximum atomic E-state index is 11.5. The molecule has 0 aliphatic heterocycles. The number of ketones is 1. The van der Waals surface area contributed by atoms with Gasteiger partial charge in [0, 0.05) is 18.5 Å². The molecule has 0 saturated carbocycles. The summed E-state index contributed by atoms with van der Waals surface area (Å²) in [6.45, 7) is 3.63. The van der Waals surface area contributed by atoms with Crippen molar-refractivity contribution >= 4 is 11.5 Å². The van der Waals surface area contributed by atoms with Crippen LogP contribution >= 0.6 is 0 Å². The van der Waals surface area contributed by atoms with Gasteiger partial charge in [0.1, 0.15) is 5.78 Å². The van der Waals surface area contributed by atoms with Crippen LogP contribution in [0.1, 0.15) is 24.8 Å². The van der Waals surface area contributed by atoms with Crippen molar-refractivity contribution in [1.82, 2.24) is 0 Å². The number of hydrogen-bond acceptors (Lipinski definition) is 2. The molecule has 0 saturated heterocycles. The molecule has 0 bridgehead atoms. The molecule has 0 fully saturated rings. The maximum Gasteiger partial charge on any atom is 0.137 e. The number of nitrogen functional groups attached to an aromatic ring is 1. The van der Waals surface area contributed by atoms with Crippen molar-refractivity contribution in [3.8, 4) is 0 Å². The summed E-state index contributed by atoms with van der Waals surface area (Å²) < 4.78 is 0. The number of benzene rings is 1. The van der Waals surface area contributed by atoms with Gasteiger partial charge in [-0.05, 0) is 30.5 Å². The minimum atomic E-state index is 0.266. The number of Topliss-reactive ketones (excluding diaryl/α,β-unsaturated/α-hetero) is 1. The minimum absolute atomic E-state index is 0.266. The van der Waals surface area contributed by atoms with Gasteiger partial charge in [0.25, 0.3) is 0 Å². The van der Waals surface area contributed by atoms with E-state index in [0.29, 0.717) is 18.5 Å². The number of nitrogens with two attached hydrogens (primary N) is 1. The van der Waals surface area contributed by atoms with Gasteiger partial charge in [-0.2, -0.15) is 0 Å². The average Bonchev–Trinajstić information content (AvgIpc) is 2.18. The number of hydrogen-bond donors (Lipinski definition) is 1. The molecule has 0 aliphatic carbocycles. The zero-order valence-corrected chi connectivity index (χ0v) is 8.91. The van der Waals surface area contributed by atoms with Gasteiger partial charge in [-0.25, -0.2) is 0 Å². The fourth-order valence-corrected chi connectivity index (χ4v) is 1.46. The molecule has 0 radical (unpaired) electrons. The second-order valence-electron chi connectivity index (χ2n) is 3.64. The first-order chi connectivity index (χ1) is 7.22. The first-order valence-corrected chi connectivity index (χ1v) is 5.19. The molecular weight excluding hydrogens is 186 g/mol. The van der Waals surface area contributed by atoms with Gasteiger partial charge in [-0.3, -0.25) is 4.79 Å². The molecule has 0 spiro atoms. The largest absolute Gasteiger partial charge is 0.399 e. The van der Waals surface area contributed by atoms with Crippen LogP contribution in [0.5, 0.6) is 0 Å². The van der Waals surface area contributed by atoms with Crippen LogP contribution in [0.25, 0.3) is 0 Å². The molecule has 2 nitrogen and oxygen atoms in total. The third kappa shape index (κ3) is 4.45. The van der Waals surface area contributed by atoms with Crippen molar-refractivity contribution in [3.63, 3.8) is 0 Å². The van der Waals surface area contributed by atoms with E-state index in [4.69, 9.17) is 5.73 Å². The molecule has 0 unspecified atom stereocenters. The summed E-state index contributed by atoms with van der Waals surface area (Å²) in [4.78, 5) is 11.5. The Bertz CT molecular complexity index is 344. The van der Waals surface area contributed by atoms with Crippen LogP contribution in [-0.2, 0) is 11.2 Å². The van der Waals surface area contributed by atoms with E-state index in [0.717, 1.165) is 18.4 Å². The van der Waals surface area contributed by atoms with Crippen LogP contribution in [0.3, 0.4) is 0 Å². The number of rotatable bonds is 6. The van der Waals surface area contributed by atoms with Gasteiger partial charge in [0.05, 0.1) is 0 Å². The van der Waals surface area contributed by atoms with E-state index in [9.17, 15) is 4.79 Å². The van der Waals surface area contributed by atoms with Crippen molar-refractivity contribution < 1.29 is 4.79 Å². The summed E-state index contributed by atoms with van der Waals surface area (Å²) in [5, 5.41) is 0. The number of carbonyl (C=O) groups is 1. The summed E-state index contributed by atoms with van der Waals surface area (Å²) in [6, 6.07) is 7.49. The SMILES string of the molecule is C=CCCCC(=O)Cc1cccc(N)c1. The second kappa shape index (κ2) is 6.02. The van der Waals surface area contributed by atoms with Crippen molar-refractivity contribution in [2.45, 2.75) is 25.7 Å². The monoisotopic (exact) mass is 203 g/mol. The van der Waals surface area contributed by atoms with Crippen molar-refractivity contribution in [2.24, 2.45) is 0 Å². The Hall–Kier alpha value is -1.57. The highest BCUT2D eigenvalue weighted by molar-refractivity contribution is 5.81. The molecule has 1 rings (SSSR count). The first kappa shape index (κ1) is 11.5. The lowest BCUT2D eigenvalue weighted by atomic mass is 10.0. The van der Waals surface area contributed by atoms with Gasteiger partial charge in [-0.1, -0.05) is 18.2 Å². The molecule has 2 N–H and O–H groups in total. The summed E-state index contributed by atoms with van der Waals surface area (Å²) in [7, 11) is 0. The molecule has 1 aromatic rings. The Balaban J connectivity index is 2.40. The Morgan fingerprint density at radius 3 is 2.93 bits per heavy atom. The summed E-state index contributed by atoms with van der Waals surface area (Å²) in [5.41, 5.74) is 7.34. The van der Waals surface area contributed by atoms with E-state index in [2.05, 4.69) is 6.58 Å². The fourth-order valence-electron chi connectivity index (χ4n) is 1.46. The van der Waals surface area contributed by atoms with Crippen molar-refractivity contribution in [1.29, 1.82) is 0 Å². The highest BCUT2D eigenvalue weighted by Crippen LogP contribution is 2.09. The molecule has 0 aromatic heterocycles. The van der Waals surface area contributed by atoms with Crippen molar-refractivity contribution in [2.75, 3.05) is 5.73 Å². The zero-order chi connectivity index (χ0) is 11.1. The third-order valence-electron chi connectivity index (χ3n) is 2.22. The predicted octanol–water partition coefficient (Wildman–Crippen LogP) is 2.74. The van der Waals surface area contributed by atoms with E-state index in [1.807, 2.05) is 30.3 Å². The van der Waals surface area contributed by atoms with Crippen LogP contribution in [0, 0.1) is 0 Å². The summed E-state index contributed by atoms with van der Waals surface area (Å²) in [6.07, 6.45) is 4.75. The van der Waals surface area contributed by atoms with Gasteiger partial charge >= 0.3 is 0 Å². The highest BCUT2D eigenvalue weighted by atomic mass is 16.1. The van der Waals surface area contributed by atoms with Crippen LogP contribution in [-0.4, -0.2) is 5.78 Å². The van der Waals surface area contributed by atoms with Crippen LogP contribution in [0.15, 0.2) is 36.9 Å². The lowest BCUT2D eigenvalue weighted by Gasteiger charge is -2.01. The predicted molar refractivity (Wildman–Crippen MR) is 63.6 cm³/mol. The van der Waals surface area contributed by atoms with Gasteiger partial charge < -0.3 is 5.73 Å². The molecule has 1 aromatic carbocycles. The van der Waals surface area contributed by atoms with Crippen molar-refractivity contribution in [3.05, 3.63) is 42.5 Å². The van der Waals surface area contributed by atoms with Crippen LogP contribution in [0.2, 0.25) is 0 Å². The first-order valence-electron chi connectivity index (χ1n) is 5.19. The molecular formula is C13H17NO. The quantitative estimate of drug-likeness (QED) is 0.439. The molecule has 2 heteroatoms. The Labute approximate surface area is 90.8 Å². The van der Waals surface area contributed by atoms with Gasteiger partial charge in [-0.15, -0.1) is 6.58 Å². The number of carbonyl (C=O) groups excluding carboxylic acids is 1. The van der Waals surface area contributed by atoms with E-state index < -0.39 is 0 Å². The third-order valence-corrected chi connectivity index (χ3v) is 2.22. The smallest absolute Gasteiger partial charge is 0.137 e. The van der Waals surface area contributed by atoms with Gasteiger partial charge in [0.15, 0.2) is 0 Å². The van der Waals surface area contributed by atoms with Crippen LogP contribution in [0.4, 0.5) is 5.69 Å². The Morgan fingerprint density at radius 2 is 2.27 bits per heavy atom. The number of allylic oxidation sites excluding steroid dienone is 1. The molecule has 0 atom stereocenters. The molecule has 80 valence electrons. The zero-order valence-electron chi connectivity index (χ0n) is 8.91. The summed E-state index contributed by atoms with van der Waals surface area (Å²) >= 11 is 0. The lowest BCUT2D eigenvalue weighted by Crippen LogP contribution is -2.02. The van der Waals surface area contributed by atoms with Gasteiger partial charge in [0.2, 0.25) is 0 Å². The highest BCUT2D eigenvalue weighted by Gasteiger charge is 2.03. The van der Waals surface area contributed by atoms with E-state index in [-0.39, 0.29) is 5.78 Å². The van der Waals surface area contributed by atoms with E-state index >= 15 is 0 Å². The normalized spacial score (nSPS) is 9.87. The lowest BCUT2D eigenvalue weighted by molar-refractivity contribution is -0.118. The average molecular weight is 203 g/mol. The van der Waals surface area contributed by atoms with E-state index in [1.54, 1.807) is 0 Å². The molecule has 0 aliphatic rings. The Kier molecular flexibility index (Phi) is 4.61. The topological polar surface area (TPSA) is 43.1 Å².